The highest BCUT2D eigenvalue weighted by Gasteiger charge is 2.38. The zero-order valence-electron chi connectivity index (χ0n) is 11.9. The number of benzene rings is 1. The summed E-state index contributed by atoms with van der Waals surface area (Å²) in [5.41, 5.74) is 5.84. The predicted octanol–water partition coefficient (Wildman–Crippen LogP) is 2.09. The van der Waals surface area contributed by atoms with Crippen LogP contribution in [0.2, 0.25) is 0 Å². The minimum atomic E-state index is -0.651. The van der Waals surface area contributed by atoms with E-state index in [0.29, 0.717) is 24.9 Å². The summed E-state index contributed by atoms with van der Waals surface area (Å²) in [7, 11) is 0. The number of rotatable bonds is 2. The van der Waals surface area contributed by atoms with Crippen LogP contribution in [-0.2, 0) is 11.2 Å². The van der Waals surface area contributed by atoms with Crippen LogP contribution in [0.4, 0.5) is 8.78 Å². The number of nitrogens with zero attached hydrogens (tertiary/aromatic N) is 1. The SMILES string of the molecule is NC1CC[C@@H]2CN(C(=O)Cc3c(F)cccc3F)C[C@@H]2C1. The van der Waals surface area contributed by atoms with E-state index in [1.54, 1.807) is 4.90 Å². The molecule has 0 bridgehead atoms. The number of amides is 1. The maximum absolute atomic E-state index is 13.6. The molecule has 21 heavy (non-hydrogen) atoms. The van der Waals surface area contributed by atoms with Gasteiger partial charge in [-0.2, -0.15) is 0 Å². The Kier molecular flexibility index (Phi) is 3.93. The van der Waals surface area contributed by atoms with Crippen LogP contribution in [0.3, 0.4) is 0 Å². The molecule has 5 heteroatoms. The number of hydrogen-bond donors (Lipinski definition) is 1. The molecule has 1 amide bonds. The smallest absolute Gasteiger partial charge is 0.227 e. The summed E-state index contributed by atoms with van der Waals surface area (Å²) in [6.07, 6.45) is 2.79. The quantitative estimate of drug-likeness (QED) is 0.908. The molecule has 3 atom stereocenters. The van der Waals surface area contributed by atoms with E-state index in [2.05, 4.69) is 0 Å². The summed E-state index contributed by atoms with van der Waals surface area (Å²) in [6, 6.07) is 3.92. The zero-order valence-corrected chi connectivity index (χ0v) is 11.9. The van der Waals surface area contributed by atoms with E-state index in [1.807, 2.05) is 0 Å². The molecule has 1 aromatic rings. The van der Waals surface area contributed by atoms with Gasteiger partial charge in [0.25, 0.3) is 0 Å². The van der Waals surface area contributed by atoms with Crippen molar-refractivity contribution in [2.45, 2.75) is 31.7 Å². The van der Waals surface area contributed by atoms with Crippen molar-refractivity contribution in [3.8, 4) is 0 Å². The maximum Gasteiger partial charge on any atom is 0.227 e. The molecule has 1 aliphatic heterocycles. The molecule has 0 radical (unpaired) electrons. The number of halogens is 2. The summed E-state index contributed by atoms with van der Waals surface area (Å²) >= 11 is 0. The second-order valence-electron chi connectivity index (χ2n) is 6.27. The van der Waals surface area contributed by atoms with E-state index in [9.17, 15) is 13.6 Å². The molecule has 0 spiro atoms. The van der Waals surface area contributed by atoms with Gasteiger partial charge in [0.05, 0.1) is 6.42 Å². The predicted molar refractivity (Wildman–Crippen MR) is 75.4 cm³/mol. The second kappa shape index (κ2) is 5.72. The van der Waals surface area contributed by atoms with Gasteiger partial charge in [-0.3, -0.25) is 4.79 Å². The van der Waals surface area contributed by atoms with E-state index in [-0.39, 0.29) is 23.9 Å². The monoisotopic (exact) mass is 294 g/mol. The van der Waals surface area contributed by atoms with Crippen LogP contribution < -0.4 is 5.73 Å². The van der Waals surface area contributed by atoms with Gasteiger partial charge >= 0.3 is 0 Å². The lowest BCUT2D eigenvalue weighted by Gasteiger charge is -2.27. The molecule has 1 aliphatic carbocycles. The third-order valence-electron chi connectivity index (χ3n) is 4.83. The fourth-order valence-electron chi connectivity index (χ4n) is 3.64. The minimum Gasteiger partial charge on any atom is -0.342 e. The van der Waals surface area contributed by atoms with E-state index in [0.717, 1.165) is 19.3 Å². The number of nitrogens with two attached hydrogens (primary N) is 1. The highest BCUT2D eigenvalue weighted by molar-refractivity contribution is 5.79. The molecule has 1 unspecified atom stereocenters. The lowest BCUT2D eigenvalue weighted by atomic mass is 9.79. The maximum atomic E-state index is 13.6. The van der Waals surface area contributed by atoms with Crippen LogP contribution in [-0.4, -0.2) is 29.9 Å². The summed E-state index contributed by atoms with van der Waals surface area (Å²) in [4.78, 5) is 14.1. The van der Waals surface area contributed by atoms with Crippen molar-refractivity contribution in [2.75, 3.05) is 13.1 Å². The lowest BCUT2D eigenvalue weighted by Crippen LogP contribution is -2.32. The van der Waals surface area contributed by atoms with Gasteiger partial charge < -0.3 is 10.6 Å². The Hall–Kier alpha value is -1.49. The summed E-state index contributed by atoms with van der Waals surface area (Å²) in [5, 5.41) is 0. The highest BCUT2D eigenvalue weighted by Crippen LogP contribution is 2.35. The van der Waals surface area contributed by atoms with E-state index < -0.39 is 11.6 Å². The molecule has 1 saturated heterocycles. The lowest BCUT2D eigenvalue weighted by molar-refractivity contribution is -0.129. The minimum absolute atomic E-state index is 0.130. The molecule has 1 heterocycles. The van der Waals surface area contributed by atoms with Crippen LogP contribution in [0.15, 0.2) is 18.2 Å². The Morgan fingerprint density at radius 2 is 1.86 bits per heavy atom. The fourth-order valence-corrected chi connectivity index (χ4v) is 3.64. The molecule has 0 aromatic heterocycles. The van der Waals surface area contributed by atoms with Crippen LogP contribution in [0.1, 0.15) is 24.8 Å². The van der Waals surface area contributed by atoms with Gasteiger partial charge in [-0.15, -0.1) is 0 Å². The van der Waals surface area contributed by atoms with Crippen LogP contribution in [0.5, 0.6) is 0 Å². The Labute approximate surface area is 123 Å². The molecule has 2 N–H and O–H groups in total. The second-order valence-corrected chi connectivity index (χ2v) is 6.27. The Balaban J connectivity index is 1.67. The molecule has 2 fully saturated rings. The average molecular weight is 294 g/mol. The van der Waals surface area contributed by atoms with Crippen molar-refractivity contribution >= 4 is 5.91 Å². The van der Waals surface area contributed by atoms with E-state index in [1.165, 1.54) is 18.2 Å². The Morgan fingerprint density at radius 3 is 2.57 bits per heavy atom. The summed E-state index contributed by atoms with van der Waals surface area (Å²) in [5.74, 6) is -0.548. The van der Waals surface area contributed by atoms with Gasteiger partial charge in [0.1, 0.15) is 11.6 Å². The number of fused-ring (bicyclic) bond motifs is 1. The first-order valence-electron chi connectivity index (χ1n) is 7.51. The fraction of sp³-hybridized carbons (Fsp3) is 0.562. The number of hydrogen-bond acceptors (Lipinski definition) is 2. The van der Waals surface area contributed by atoms with E-state index >= 15 is 0 Å². The third-order valence-corrected chi connectivity index (χ3v) is 4.83. The van der Waals surface area contributed by atoms with Gasteiger partial charge in [-0.05, 0) is 43.2 Å². The van der Waals surface area contributed by atoms with Crippen molar-refractivity contribution in [2.24, 2.45) is 17.6 Å². The first-order chi connectivity index (χ1) is 10.0. The van der Waals surface area contributed by atoms with Crippen LogP contribution in [0.25, 0.3) is 0 Å². The zero-order chi connectivity index (χ0) is 15.0. The van der Waals surface area contributed by atoms with E-state index in [4.69, 9.17) is 5.73 Å². The van der Waals surface area contributed by atoms with Gasteiger partial charge in [0, 0.05) is 24.7 Å². The summed E-state index contributed by atoms with van der Waals surface area (Å²) in [6.45, 7) is 1.37. The largest absolute Gasteiger partial charge is 0.342 e. The average Bonchev–Trinajstić information content (AvgIpc) is 2.86. The Morgan fingerprint density at radius 1 is 1.19 bits per heavy atom. The van der Waals surface area contributed by atoms with Crippen molar-refractivity contribution in [1.29, 1.82) is 0 Å². The van der Waals surface area contributed by atoms with Gasteiger partial charge in [0.2, 0.25) is 5.91 Å². The van der Waals surface area contributed by atoms with Crippen molar-refractivity contribution < 1.29 is 13.6 Å². The van der Waals surface area contributed by atoms with Crippen molar-refractivity contribution in [3.05, 3.63) is 35.4 Å². The van der Waals surface area contributed by atoms with Gasteiger partial charge in [-0.25, -0.2) is 8.78 Å². The topological polar surface area (TPSA) is 46.3 Å². The molecule has 3 rings (SSSR count). The first-order valence-corrected chi connectivity index (χ1v) is 7.51. The van der Waals surface area contributed by atoms with Crippen molar-refractivity contribution in [3.63, 3.8) is 0 Å². The van der Waals surface area contributed by atoms with Gasteiger partial charge in [-0.1, -0.05) is 6.07 Å². The third kappa shape index (κ3) is 2.93. The molecule has 114 valence electrons. The molecule has 3 nitrogen and oxygen atoms in total. The molecular formula is C16H20F2N2O. The van der Waals surface area contributed by atoms with Crippen LogP contribution in [0, 0.1) is 23.5 Å². The normalized spacial score (nSPS) is 28.5. The van der Waals surface area contributed by atoms with Crippen molar-refractivity contribution in [1.82, 2.24) is 4.90 Å². The number of carbonyl (C=O) groups is 1. The highest BCUT2D eigenvalue weighted by atomic mass is 19.1. The molecule has 1 saturated carbocycles. The molecule has 1 aromatic carbocycles. The number of likely N-dealkylation sites (tertiary alicyclic amines) is 1. The van der Waals surface area contributed by atoms with Crippen LogP contribution >= 0.6 is 0 Å². The molecule has 2 aliphatic rings. The Bertz CT molecular complexity index is 529. The molecular weight excluding hydrogens is 274 g/mol. The standard InChI is InChI=1S/C16H20F2N2O/c17-14-2-1-3-15(18)13(14)7-16(21)20-8-10-4-5-12(19)6-11(10)9-20/h1-3,10-12H,4-9,19H2/t10-,11+,12?/m1/s1. The number of carbonyl (C=O) groups excluding carboxylic acids is 1. The van der Waals surface area contributed by atoms with Gasteiger partial charge in [0.15, 0.2) is 0 Å². The first kappa shape index (κ1) is 14.4. The summed E-state index contributed by atoms with van der Waals surface area (Å²) < 4.78 is 27.2.